The van der Waals surface area contributed by atoms with Gasteiger partial charge in [-0.2, -0.15) is 0 Å². The molecule has 1 saturated carbocycles. The van der Waals surface area contributed by atoms with Crippen LogP contribution in [-0.4, -0.2) is 37.2 Å². The first-order valence-corrected chi connectivity index (χ1v) is 9.43. The Morgan fingerprint density at radius 1 is 1.38 bits per heavy atom. The van der Waals surface area contributed by atoms with E-state index in [0.717, 1.165) is 12.3 Å². The SMILES string of the molecule is CCNC(=O)Oc1ccc2c(c1)[C@]13CCCCC1[C@H](C2)N(C)CC3. The second kappa shape index (κ2) is 6.07. The first kappa shape index (κ1) is 15.9. The lowest BCUT2D eigenvalue weighted by Gasteiger charge is -2.58. The van der Waals surface area contributed by atoms with Crippen LogP contribution in [-0.2, 0) is 11.8 Å². The molecule has 24 heavy (non-hydrogen) atoms. The first-order chi connectivity index (χ1) is 11.6. The third-order valence-electron chi connectivity index (χ3n) is 6.62. The Morgan fingerprint density at radius 2 is 2.25 bits per heavy atom. The minimum Gasteiger partial charge on any atom is -0.410 e. The molecule has 1 N–H and O–H groups in total. The van der Waals surface area contributed by atoms with Gasteiger partial charge in [0, 0.05) is 18.0 Å². The number of fused-ring (bicyclic) bond motifs is 1. The average Bonchev–Trinajstić information content (AvgIpc) is 2.59. The molecule has 0 spiro atoms. The molecule has 4 nitrogen and oxygen atoms in total. The summed E-state index contributed by atoms with van der Waals surface area (Å²) in [6, 6.07) is 7.01. The van der Waals surface area contributed by atoms with Crippen molar-refractivity contribution in [3.05, 3.63) is 29.3 Å². The Morgan fingerprint density at radius 3 is 3.08 bits per heavy atom. The van der Waals surface area contributed by atoms with E-state index >= 15 is 0 Å². The molecule has 0 radical (unpaired) electrons. The maximum Gasteiger partial charge on any atom is 0.412 e. The summed E-state index contributed by atoms with van der Waals surface area (Å²) in [6.07, 6.45) is 7.35. The maximum absolute atomic E-state index is 11.8. The van der Waals surface area contributed by atoms with Crippen molar-refractivity contribution in [2.24, 2.45) is 5.92 Å². The van der Waals surface area contributed by atoms with E-state index in [9.17, 15) is 4.79 Å². The molecule has 1 unspecified atom stereocenters. The topological polar surface area (TPSA) is 41.6 Å². The molecule has 1 aliphatic heterocycles. The summed E-state index contributed by atoms with van der Waals surface area (Å²) in [6.45, 7) is 3.67. The number of hydrogen-bond donors (Lipinski definition) is 1. The van der Waals surface area contributed by atoms with E-state index in [0.29, 0.717) is 23.8 Å². The van der Waals surface area contributed by atoms with Gasteiger partial charge in [-0.15, -0.1) is 0 Å². The number of piperidine rings is 1. The lowest BCUT2D eigenvalue weighted by atomic mass is 9.52. The quantitative estimate of drug-likeness (QED) is 0.904. The van der Waals surface area contributed by atoms with E-state index in [-0.39, 0.29) is 6.09 Å². The second-order valence-electron chi connectivity index (χ2n) is 7.75. The van der Waals surface area contributed by atoms with E-state index in [4.69, 9.17) is 4.74 Å². The molecule has 1 saturated heterocycles. The molecule has 4 heteroatoms. The predicted molar refractivity (Wildman–Crippen MR) is 94.5 cm³/mol. The highest BCUT2D eigenvalue weighted by atomic mass is 16.6. The van der Waals surface area contributed by atoms with Crippen molar-refractivity contribution >= 4 is 6.09 Å². The highest BCUT2D eigenvalue weighted by molar-refractivity contribution is 5.70. The van der Waals surface area contributed by atoms with Crippen molar-refractivity contribution in [2.75, 3.05) is 20.1 Å². The van der Waals surface area contributed by atoms with Crippen LogP contribution in [0.15, 0.2) is 18.2 Å². The predicted octanol–water partition coefficient (Wildman–Crippen LogP) is 3.48. The Balaban J connectivity index is 1.72. The van der Waals surface area contributed by atoms with Crippen LogP contribution in [0.25, 0.3) is 0 Å². The molecule has 0 aromatic heterocycles. The fourth-order valence-electron chi connectivity index (χ4n) is 5.53. The highest BCUT2D eigenvalue weighted by Crippen LogP contribution is 2.55. The number of rotatable bonds is 2. The van der Waals surface area contributed by atoms with Gasteiger partial charge in [-0.1, -0.05) is 18.9 Å². The van der Waals surface area contributed by atoms with Gasteiger partial charge in [0.05, 0.1) is 0 Å². The minimum atomic E-state index is -0.354. The molecular weight excluding hydrogens is 300 g/mol. The van der Waals surface area contributed by atoms with Crippen LogP contribution in [0.5, 0.6) is 5.75 Å². The Labute approximate surface area is 144 Å². The summed E-state index contributed by atoms with van der Waals surface area (Å²) in [5.74, 6) is 1.45. The number of carbonyl (C=O) groups excluding carboxylic acids is 1. The van der Waals surface area contributed by atoms with Crippen LogP contribution in [0.2, 0.25) is 0 Å². The minimum absolute atomic E-state index is 0.309. The van der Waals surface area contributed by atoms with Crippen molar-refractivity contribution in [3.8, 4) is 5.75 Å². The summed E-state index contributed by atoms with van der Waals surface area (Å²) in [5, 5.41) is 2.71. The second-order valence-corrected chi connectivity index (χ2v) is 7.75. The van der Waals surface area contributed by atoms with E-state index in [1.165, 1.54) is 49.8 Å². The van der Waals surface area contributed by atoms with Gasteiger partial charge in [0.15, 0.2) is 0 Å². The van der Waals surface area contributed by atoms with Gasteiger partial charge in [0.1, 0.15) is 5.75 Å². The molecule has 1 amide bonds. The number of nitrogens with zero attached hydrogens (tertiary/aromatic N) is 1. The zero-order valence-corrected chi connectivity index (χ0v) is 14.8. The van der Waals surface area contributed by atoms with Crippen molar-refractivity contribution in [1.82, 2.24) is 10.2 Å². The summed E-state index contributed by atoms with van der Waals surface area (Å²) >= 11 is 0. The number of nitrogens with one attached hydrogen (secondary N) is 1. The lowest BCUT2D eigenvalue weighted by Crippen LogP contribution is -2.59. The number of benzene rings is 1. The number of ether oxygens (including phenoxy) is 1. The first-order valence-electron chi connectivity index (χ1n) is 9.43. The number of likely N-dealkylation sites (tertiary alicyclic amines) is 1. The number of amides is 1. The van der Waals surface area contributed by atoms with Gasteiger partial charge in [-0.05, 0) is 75.4 Å². The Bertz CT molecular complexity index is 645. The molecule has 130 valence electrons. The molecule has 4 rings (SSSR count). The number of carbonyl (C=O) groups is 1. The average molecular weight is 328 g/mol. The third-order valence-corrected chi connectivity index (χ3v) is 6.62. The summed E-state index contributed by atoms with van der Waals surface area (Å²) in [5.41, 5.74) is 3.25. The van der Waals surface area contributed by atoms with Gasteiger partial charge < -0.3 is 15.0 Å². The van der Waals surface area contributed by atoms with Gasteiger partial charge >= 0.3 is 6.09 Å². The van der Waals surface area contributed by atoms with Crippen molar-refractivity contribution in [2.45, 2.75) is 56.9 Å². The standard InChI is InChI=1S/C20H28N2O2/c1-3-21-19(23)24-15-8-7-14-12-18-16-6-4-5-9-20(16,17(14)13-15)10-11-22(18)2/h7-8,13,16,18H,3-6,9-12H2,1-2H3,(H,21,23)/t16?,18-,20-/m0/s1. The zero-order chi connectivity index (χ0) is 16.7. The van der Waals surface area contributed by atoms with Crippen LogP contribution >= 0.6 is 0 Å². The Kier molecular flexibility index (Phi) is 4.03. The van der Waals surface area contributed by atoms with Crippen LogP contribution < -0.4 is 10.1 Å². The van der Waals surface area contributed by atoms with Gasteiger partial charge in [0.25, 0.3) is 0 Å². The van der Waals surface area contributed by atoms with Crippen LogP contribution in [0.3, 0.4) is 0 Å². The fourth-order valence-corrected chi connectivity index (χ4v) is 5.53. The molecule has 3 atom stereocenters. The molecule has 1 heterocycles. The summed E-state index contributed by atoms with van der Waals surface area (Å²) in [4.78, 5) is 14.4. The molecule has 2 bridgehead atoms. The van der Waals surface area contributed by atoms with Crippen molar-refractivity contribution in [1.29, 1.82) is 0 Å². The van der Waals surface area contributed by atoms with Crippen molar-refractivity contribution < 1.29 is 9.53 Å². The molecule has 3 aliphatic rings. The summed E-state index contributed by atoms with van der Waals surface area (Å²) < 4.78 is 5.50. The Hall–Kier alpha value is -1.55. The lowest BCUT2D eigenvalue weighted by molar-refractivity contribution is 0.00275. The number of hydrogen-bond acceptors (Lipinski definition) is 3. The van der Waals surface area contributed by atoms with Crippen LogP contribution in [0.1, 0.15) is 50.2 Å². The van der Waals surface area contributed by atoms with Gasteiger partial charge in [-0.25, -0.2) is 4.79 Å². The maximum atomic E-state index is 11.8. The van der Waals surface area contributed by atoms with Gasteiger partial charge in [0.2, 0.25) is 0 Å². The monoisotopic (exact) mass is 328 g/mol. The van der Waals surface area contributed by atoms with E-state index < -0.39 is 0 Å². The molecular formula is C20H28N2O2. The van der Waals surface area contributed by atoms with Crippen LogP contribution in [0.4, 0.5) is 4.79 Å². The normalized spacial score (nSPS) is 31.8. The summed E-state index contributed by atoms with van der Waals surface area (Å²) in [7, 11) is 2.29. The number of likely N-dealkylation sites (N-methyl/N-ethyl adjacent to an activating group) is 1. The van der Waals surface area contributed by atoms with E-state index in [1.807, 2.05) is 13.0 Å². The zero-order valence-electron chi connectivity index (χ0n) is 14.8. The largest absolute Gasteiger partial charge is 0.412 e. The van der Waals surface area contributed by atoms with Crippen molar-refractivity contribution in [3.63, 3.8) is 0 Å². The van der Waals surface area contributed by atoms with E-state index in [2.05, 4.69) is 29.4 Å². The molecule has 2 aliphatic carbocycles. The molecule has 2 fully saturated rings. The smallest absolute Gasteiger partial charge is 0.410 e. The molecule has 1 aromatic rings. The van der Waals surface area contributed by atoms with Gasteiger partial charge in [-0.3, -0.25) is 0 Å². The van der Waals surface area contributed by atoms with E-state index in [1.54, 1.807) is 0 Å². The highest BCUT2D eigenvalue weighted by Gasteiger charge is 2.53. The fraction of sp³-hybridized carbons (Fsp3) is 0.650. The molecule has 1 aromatic carbocycles. The van der Waals surface area contributed by atoms with Crippen LogP contribution in [0, 0.1) is 5.92 Å². The third kappa shape index (κ3) is 2.43.